The molecule has 110 valence electrons. The molecule has 0 spiro atoms. The fourth-order valence-electron chi connectivity index (χ4n) is 2.23. The molecule has 2 aromatic carbocycles. The number of amides is 1. The van der Waals surface area contributed by atoms with Gasteiger partial charge < -0.3 is 5.32 Å². The molecule has 1 heterocycles. The van der Waals surface area contributed by atoms with E-state index in [-0.39, 0.29) is 5.91 Å². The minimum absolute atomic E-state index is 0.0104. The predicted molar refractivity (Wildman–Crippen MR) is 92.3 cm³/mol. The van der Waals surface area contributed by atoms with E-state index in [9.17, 15) is 4.79 Å². The molecule has 0 aliphatic heterocycles. The summed E-state index contributed by atoms with van der Waals surface area (Å²) in [6.45, 7) is 1.90. The number of pyridine rings is 1. The Kier molecular flexibility index (Phi) is 4.39. The van der Waals surface area contributed by atoms with Crippen molar-refractivity contribution in [3.05, 3.63) is 66.5 Å². The van der Waals surface area contributed by atoms with Gasteiger partial charge in [0.1, 0.15) is 0 Å². The predicted octanol–water partition coefficient (Wildman–Crippen LogP) is 4.27. The largest absolute Gasteiger partial charge is 0.325 e. The highest BCUT2D eigenvalue weighted by molar-refractivity contribution is 8.00. The van der Waals surface area contributed by atoms with Gasteiger partial charge in [-0.25, -0.2) is 0 Å². The molecule has 22 heavy (non-hydrogen) atoms. The molecule has 0 saturated carbocycles. The summed E-state index contributed by atoms with van der Waals surface area (Å²) in [6, 6.07) is 18.1. The molecule has 0 aliphatic rings. The van der Waals surface area contributed by atoms with E-state index >= 15 is 0 Å². The summed E-state index contributed by atoms with van der Waals surface area (Å²) < 4.78 is 0. The Hall–Kier alpha value is -2.33. The standard InChI is InChI=1S/C18H16N2OS/c1-13-10-16(8-9-19-13)20-18(21)12-22-17-7-6-14-4-2-3-5-15(14)11-17/h2-11H,12H2,1H3,(H,19,20,21). The van der Waals surface area contributed by atoms with Crippen LogP contribution in [-0.2, 0) is 4.79 Å². The molecule has 0 fully saturated rings. The van der Waals surface area contributed by atoms with Crippen LogP contribution in [0, 0.1) is 6.92 Å². The zero-order valence-corrected chi connectivity index (χ0v) is 13.1. The third-order valence-corrected chi connectivity index (χ3v) is 4.27. The van der Waals surface area contributed by atoms with Crippen LogP contribution >= 0.6 is 11.8 Å². The van der Waals surface area contributed by atoms with Crippen molar-refractivity contribution in [2.24, 2.45) is 0 Å². The number of carbonyl (C=O) groups excluding carboxylic acids is 1. The van der Waals surface area contributed by atoms with Crippen LogP contribution in [0.5, 0.6) is 0 Å². The molecular formula is C18H16N2OS. The van der Waals surface area contributed by atoms with Crippen LogP contribution in [0.25, 0.3) is 10.8 Å². The molecule has 0 radical (unpaired) electrons. The number of nitrogens with one attached hydrogen (secondary N) is 1. The van der Waals surface area contributed by atoms with E-state index in [4.69, 9.17) is 0 Å². The van der Waals surface area contributed by atoms with Crippen LogP contribution < -0.4 is 5.32 Å². The van der Waals surface area contributed by atoms with Crippen LogP contribution in [0.15, 0.2) is 65.7 Å². The van der Waals surface area contributed by atoms with Gasteiger partial charge in [-0.05, 0) is 42.0 Å². The first-order valence-electron chi connectivity index (χ1n) is 7.05. The lowest BCUT2D eigenvalue weighted by Gasteiger charge is -2.06. The summed E-state index contributed by atoms with van der Waals surface area (Å²) in [5, 5.41) is 5.29. The molecule has 0 bridgehead atoms. The maximum atomic E-state index is 12.0. The first kappa shape index (κ1) is 14.6. The Bertz CT molecular complexity index is 817. The lowest BCUT2D eigenvalue weighted by atomic mass is 10.1. The minimum atomic E-state index is -0.0104. The van der Waals surface area contributed by atoms with Crippen molar-refractivity contribution in [2.45, 2.75) is 11.8 Å². The lowest BCUT2D eigenvalue weighted by Crippen LogP contribution is -2.14. The summed E-state index contributed by atoms with van der Waals surface area (Å²) in [7, 11) is 0. The van der Waals surface area contributed by atoms with Gasteiger partial charge in [-0.3, -0.25) is 9.78 Å². The van der Waals surface area contributed by atoms with E-state index in [0.29, 0.717) is 5.75 Å². The van der Waals surface area contributed by atoms with Crippen molar-refractivity contribution < 1.29 is 4.79 Å². The van der Waals surface area contributed by atoms with E-state index in [1.165, 1.54) is 22.5 Å². The molecule has 1 aromatic heterocycles. The average molecular weight is 308 g/mol. The Balaban J connectivity index is 1.62. The van der Waals surface area contributed by atoms with Gasteiger partial charge >= 0.3 is 0 Å². The molecule has 0 unspecified atom stereocenters. The smallest absolute Gasteiger partial charge is 0.234 e. The van der Waals surface area contributed by atoms with Gasteiger partial charge in [0.2, 0.25) is 5.91 Å². The third-order valence-electron chi connectivity index (χ3n) is 3.27. The number of hydrogen-bond acceptors (Lipinski definition) is 3. The second-order valence-corrected chi connectivity index (χ2v) is 6.08. The average Bonchev–Trinajstić information content (AvgIpc) is 2.53. The number of rotatable bonds is 4. The fraction of sp³-hybridized carbons (Fsp3) is 0.111. The summed E-state index contributed by atoms with van der Waals surface area (Å²) in [6.07, 6.45) is 1.70. The number of nitrogens with zero attached hydrogens (tertiary/aromatic N) is 1. The molecule has 4 heteroatoms. The first-order chi connectivity index (χ1) is 10.7. The highest BCUT2D eigenvalue weighted by atomic mass is 32.2. The lowest BCUT2D eigenvalue weighted by molar-refractivity contribution is -0.113. The maximum absolute atomic E-state index is 12.0. The number of fused-ring (bicyclic) bond motifs is 1. The van der Waals surface area contributed by atoms with Gasteiger partial charge in [-0.2, -0.15) is 0 Å². The van der Waals surface area contributed by atoms with Gasteiger partial charge in [0.05, 0.1) is 5.75 Å². The van der Waals surface area contributed by atoms with Gasteiger partial charge in [0.15, 0.2) is 0 Å². The van der Waals surface area contributed by atoms with Gasteiger partial charge in [0.25, 0.3) is 0 Å². The van der Waals surface area contributed by atoms with Crippen LogP contribution in [-0.4, -0.2) is 16.6 Å². The zero-order chi connectivity index (χ0) is 15.4. The summed E-state index contributed by atoms with van der Waals surface area (Å²) in [5.41, 5.74) is 1.68. The molecule has 0 saturated heterocycles. The third kappa shape index (κ3) is 3.65. The molecular weight excluding hydrogens is 292 g/mol. The summed E-state index contributed by atoms with van der Waals surface area (Å²) in [4.78, 5) is 17.2. The number of carbonyl (C=O) groups is 1. The van der Waals surface area contributed by atoms with Gasteiger partial charge in [0, 0.05) is 22.5 Å². The Morgan fingerprint density at radius 2 is 1.91 bits per heavy atom. The van der Waals surface area contributed by atoms with Gasteiger partial charge in [-0.15, -0.1) is 11.8 Å². The highest BCUT2D eigenvalue weighted by Gasteiger charge is 2.05. The van der Waals surface area contributed by atoms with E-state index < -0.39 is 0 Å². The fourth-order valence-corrected chi connectivity index (χ4v) is 2.97. The van der Waals surface area contributed by atoms with E-state index in [0.717, 1.165) is 16.3 Å². The molecule has 1 amide bonds. The van der Waals surface area contributed by atoms with Crippen molar-refractivity contribution in [1.82, 2.24) is 4.98 Å². The normalized spacial score (nSPS) is 10.6. The molecule has 3 rings (SSSR count). The maximum Gasteiger partial charge on any atom is 0.234 e. The number of anilines is 1. The second-order valence-electron chi connectivity index (χ2n) is 5.03. The molecule has 3 nitrogen and oxygen atoms in total. The SMILES string of the molecule is Cc1cc(NC(=O)CSc2ccc3ccccc3c2)ccn1. The number of thioether (sulfide) groups is 1. The summed E-state index contributed by atoms with van der Waals surface area (Å²) in [5.74, 6) is 0.378. The van der Waals surface area contributed by atoms with Crippen LogP contribution in [0.1, 0.15) is 5.69 Å². The number of aryl methyl sites for hydroxylation is 1. The number of benzene rings is 2. The van der Waals surface area contributed by atoms with Crippen molar-refractivity contribution in [1.29, 1.82) is 0 Å². The zero-order valence-electron chi connectivity index (χ0n) is 12.2. The molecule has 0 atom stereocenters. The van der Waals surface area contributed by atoms with Crippen LogP contribution in [0.3, 0.4) is 0 Å². The monoisotopic (exact) mass is 308 g/mol. The first-order valence-corrected chi connectivity index (χ1v) is 8.03. The number of aromatic nitrogens is 1. The minimum Gasteiger partial charge on any atom is -0.325 e. The van der Waals surface area contributed by atoms with E-state index in [1.807, 2.05) is 25.1 Å². The topological polar surface area (TPSA) is 42.0 Å². The number of hydrogen-bond donors (Lipinski definition) is 1. The van der Waals surface area contributed by atoms with Crippen molar-refractivity contribution in [3.63, 3.8) is 0 Å². The van der Waals surface area contributed by atoms with Crippen LogP contribution in [0.4, 0.5) is 5.69 Å². The molecule has 0 aliphatic carbocycles. The second kappa shape index (κ2) is 6.62. The van der Waals surface area contributed by atoms with E-state index in [2.05, 4.69) is 40.6 Å². The highest BCUT2D eigenvalue weighted by Crippen LogP contribution is 2.23. The van der Waals surface area contributed by atoms with Crippen molar-refractivity contribution in [2.75, 3.05) is 11.1 Å². The van der Waals surface area contributed by atoms with Gasteiger partial charge in [-0.1, -0.05) is 30.3 Å². The van der Waals surface area contributed by atoms with Crippen molar-refractivity contribution in [3.8, 4) is 0 Å². The quantitative estimate of drug-likeness (QED) is 0.732. The van der Waals surface area contributed by atoms with Crippen LogP contribution in [0.2, 0.25) is 0 Å². The Morgan fingerprint density at radius 3 is 2.73 bits per heavy atom. The summed E-state index contributed by atoms with van der Waals surface area (Å²) >= 11 is 1.54. The molecule has 3 aromatic rings. The Morgan fingerprint density at radius 1 is 1.09 bits per heavy atom. The molecule has 1 N–H and O–H groups in total. The van der Waals surface area contributed by atoms with E-state index in [1.54, 1.807) is 12.3 Å². The van der Waals surface area contributed by atoms with Crippen molar-refractivity contribution >= 4 is 34.1 Å². The Labute approximate surface area is 133 Å².